The maximum absolute atomic E-state index is 13.1. The third-order valence-electron chi connectivity index (χ3n) is 6.26. The third kappa shape index (κ3) is 5.89. The first kappa shape index (κ1) is 22.4. The van der Waals surface area contributed by atoms with Crippen molar-refractivity contribution in [3.8, 4) is 0 Å². The van der Waals surface area contributed by atoms with Crippen LogP contribution in [0.1, 0.15) is 59.5 Å². The summed E-state index contributed by atoms with van der Waals surface area (Å²) in [5.74, 6) is 0.183. The van der Waals surface area contributed by atoms with Gasteiger partial charge in [0.05, 0.1) is 0 Å². The molecule has 5 heteroatoms. The number of aliphatic hydroxyl groups is 1. The minimum absolute atomic E-state index is 0.0341. The van der Waals surface area contributed by atoms with Crippen LogP contribution in [-0.4, -0.2) is 54.1 Å². The summed E-state index contributed by atoms with van der Waals surface area (Å²) in [5.41, 5.74) is 3.21. The Morgan fingerprint density at radius 1 is 1.00 bits per heavy atom. The van der Waals surface area contributed by atoms with Crippen LogP contribution < -0.4 is 0 Å². The van der Waals surface area contributed by atoms with Gasteiger partial charge < -0.3 is 14.9 Å². The van der Waals surface area contributed by atoms with E-state index < -0.39 is 0 Å². The van der Waals surface area contributed by atoms with Crippen molar-refractivity contribution in [3.05, 3.63) is 71.0 Å². The summed E-state index contributed by atoms with van der Waals surface area (Å²) in [6.07, 6.45) is 4.92. The Hall–Kier alpha value is -2.24. The van der Waals surface area contributed by atoms with Gasteiger partial charge in [0, 0.05) is 38.3 Å². The topological polar surface area (TPSA) is 43.8 Å². The highest BCUT2D eigenvalue weighted by atomic mass is 19.1. The summed E-state index contributed by atoms with van der Waals surface area (Å²) in [6, 6.07) is 14.9. The van der Waals surface area contributed by atoms with E-state index in [4.69, 9.17) is 5.11 Å². The molecule has 1 fully saturated rings. The van der Waals surface area contributed by atoms with Gasteiger partial charge in [0.1, 0.15) is 5.82 Å². The van der Waals surface area contributed by atoms with Crippen molar-refractivity contribution in [2.75, 3.05) is 27.2 Å². The van der Waals surface area contributed by atoms with Crippen LogP contribution >= 0.6 is 0 Å². The molecule has 0 unspecified atom stereocenters. The van der Waals surface area contributed by atoms with Gasteiger partial charge in [-0.05, 0) is 80.5 Å². The van der Waals surface area contributed by atoms with E-state index in [0.29, 0.717) is 11.5 Å². The molecule has 0 saturated heterocycles. The standard InChI is InChI=1S/C25H33FN2O2/c1-27(16-3-17-29)18-19-4-6-20(7-5-19)21-10-14-24(15-11-21)28(2)25(30)22-8-12-23(26)13-9-22/h4-9,12-13,21,24,29H,3,10-11,14-18H2,1-2H3. The van der Waals surface area contributed by atoms with Gasteiger partial charge >= 0.3 is 0 Å². The molecule has 2 aromatic rings. The number of nitrogens with zero attached hydrogens (tertiary/aromatic N) is 2. The maximum Gasteiger partial charge on any atom is 0.253 e. The zero-order valence-corrected chi connectivity index (χ0v) is 18.1. The quantitative estimate of drug-likeness (QED) is 0.697. The van der Waals surface area contributed by atoms with Crippen molar-refractivity contribution >= 4 is 5.91 Å². The van der Waals surface area contributed by atoms with Crippen LogP contribution in [0.5, 0.6) is 0 Å². The molecule has 0 bridgehead atoms. The third-order valence-corrected chi connectivity index (χ3v) is 6.26. The molecule has 0 spiro atoms. The van der Waals surface area contributed by atoms with Crippen molar-refractivity contribution in [2.24, 2.45) is 0 Å². The average molecular weight is 413 g/mol. The summed E-state index contributed by atoms with van der Waals surface area (Å²) in [5, 5.41) is 8.95. The van der Waals surface area contributed by atoms with Gasteiger partial charge in [-0.15, -0.1) is 0 Å². The van der Waals surface area contributed by atoms with E-state index in [1.165, 1.54) is 23.3 Å². The lowest BCUT2D eigenvalue weighted by Crippen LogP contribution is -2.39. The maximum atomic E-state index is 13.1. The van der Waals surface area contributed by atoms with Crippen molar-refractivity contribution in [1.29, 1.82) is 0 Å². The monoisotopic (exact) mass is 412 g/mol. The summed E-state index contributed by atoms with van der Waals surface area (Å²) < 4.78 is 13.1. The molecule has 0 aliphatic heterocycles. The zero-order chi connectivity index (χ0) is 21.5. The SMILES string of the molecule is CN(CCCO)Cc1ccc(C2CCC(N(C)C(=O)c3ccc(F)cc3)CC2)cc1. The highest BCUT2D eigenvalue weighted by Crippen LogP contribution is 2.35. The van der Waals surface area contributed by atoms with E-state index in [0.717, 1.165) is 45.2 Å². The molecule has 162 valence electrons. The van der Waals surface area contributed by atoms with Crippen molar-refractivity contribution in [2.45, 2.75) is 50.6 Å². The molecular weight excluding hydrogens is 379 g/mol. The molecule has 1 aliphatic rings. The van der Waals surface area contributed by atoms with E-state index in [-0.39, 0.29) is 24.4 Å². The second-order valence-corrected chi connectivity index (χ2v) is 8.48. The van der Waals surface area contributed by atoms with Gasteiger partial charge in [-0.25, -0.2) is 4.39 Å². The summed E-state index contributed by atoms with van der Waals surface area (Å²) >= 11 is 0. The van der Waals surface area contributed by atoms with Crippen molar-refractivity contribution in [1.82, 2.24) is 9.80 Å². The zero-order valence-electron chi connectivity index (χ0n) is 18.1. The first-order chi connectivity index (χ1) is 14.5. The highest BCUT2D eigenvalue weighted by Gasteiger charge is 2.27. The lowest BCUT2D eigenvalue weighted by atomic mass is 9.81. The fourth-order valence-corrected chi connectivity index (χ4v) is 4.38. The van der Waals surface area contributed by atoms with E-state index in [1.54, 1.807) is 12.1 Å². The first-order valence-electron chi connectivity index (χ1n) is 10.9. The van der Waals surface area contributed by atoms with Crippen LogP contribution in [0.25, 0.3) is 0 Å². The minimum Gasteiger partial charge on any atom is -0.396 e. The molecule has 0 heterocycles. The van der Waals surface area contributed by atoms with E-state index >= 15 is 0 Å². The summed E-state index contributed by atoms with van der Waals surface area (Å²) in [6.45, 7) is 2.02. The van der Waals surface area contributed by atoms with Crippen LogP contribution in [0.4, 0.5) is 4.39 Å². The van der Waals surface area contributed by atoms with E-state index in [2.05, 4.69) is 36.2 Å². The normalized spacial score (nSPS) is 19.1. The molecule has 1 amide bonds. The largest absolute Gasteiger partial charge is 0.396 e. The molecule has 4 nitrogen and oxygen atoms in total. The first-order valence-corrected chi connectivity index (χ1v) is 10.9. The fourth-order valence-electron chi connectivity index (χ4n) is 4.38. The molecule has 0 radical (unpaired) electrons. The number of carbonyl (C=O) groups excluding carboxylic acids is 1. The molecule has 30 heavy (non-hydrogen) atoms. The van der Waals surface area contributed by atoms with Gasteiger partial charge in [-0.2, -0.15) is 0 Å². The number of carbonyl (C=O) groups is 1. The summed E-state index contributed by atoms with van der Waals surface area (Å²) in [4.78, 5) is 16.7. The Morgan fingerprint density at radius 2 is 1.63 bits per heavy atom. The Balaban J connectivity index is 1.51. The second-order valence-electron chi connectivity index (χ2n) is 8.48. The number of benzene rings is 2. The van der Waals surface area contributed by atoms with Crippen LogP contribution in [-0.2, 0) is 6.54 Å². The molecule has 1 N–H and O–H groups in total. The molecule has 1 aliphatic carbocycles. The predicted molar refractivity (Wildman–Crippen MR) is 118 cm³/mol. The minimum atomic E-state index is -0.322. The fraction of sp³-hybridized carbons (Fsp3) is 0.480. The molecule has 0 aromatic heterocycles. The Labute approximate surface area is 179 Å². The van der Waals surface area contributed by atoms with Crippen LogP contribution in [0, 0.1) is 5.82 Å². The van der Waals surface area contributed by atoms with E-state index in [1.807, 2.05) is 11.9 Å². The Morgan fingerprint density at radius 3 is 2.23 bits per heavy atom. The molecule has 0 atom stereocenters. The van der Waals surface area contributed by atoms with Gasteiger partial charge in [-0.1, -0.05) is 24.3 Å². The number of rotatable bonds is 8. The second kappa shape index (κ2) is 10.7. The van der Waals surface area contributed by atoms with Crippen LogP contribution in [0.15, 0.2) is 48.5 Å². The van der Waals surface area contributed by atoms with Crippen molar-refractivity contribution in [3.63, 3.8) is 0 Å². The lowest BCUT2D eigenvalue weighted by molar-refractivity contribution is 0.0689. The smallest absolute Gasteiger partial charge is 0.253 e. The Kier molecular flexibility index (Phi) is 8.00. The van der Waals surface area contributed by atoms with Crippen LogP contribution in [0.3, 0.4) is 0 Å². The highest BCUT2D eigenvalue weighted by molar-refractivity contribution is 5.94. The Bertz CT molecular complexity index is 799. The number of hydrogen-bond acceptors (Lipinski definition) is 3. The molecule has 2 aromatic carbocycles. The number of hydrogen-bond donors (Lipinski definition) is 1. The van der Waals surface area contributed by atoms with Gasteiger partial charge in [0.15, 0.2) is 0 Å². The molecule has 1 saturated carbocycles. The molecular formula is C25H33FN2O2. The number of halogens is 1. The van der Waals surface area contributed by atoms with E-state index in [9.17, 15) is 9.18 Å². The lowest BCUT2D eigenvalue weighted by Gasteiger charge is -2.35. The number of aliphatic hydroxyl groups excluding tert-OH is 1. The van der Waals surface area contributed by atoms with Gasteiger partial charge in [-0.3, -0.25) is 4.79 Å². The predicted octanol–water partition coefficient (Wildman–Crippen LogP) is 4.44. The number of amides is 1. The summed E-state index contributed by atoms with van der Waals surface area (Å²) in [7, 11) is 3.94. The van der Waals surface area contributed by atoms with Gasteiger partial charge in [0.2, 0.25) is 0 Å². The van der Waals surface area contributed by atoms with Crippen molar-refractivity contribution < 1.29 is 14.3 Å². The van der Waals surface area contributed by atoms with Crippen LogP contribution in [0.2, 0.25) is 0 Å². The molecule has 3 rings (SSSR count). The van der Waals surface area contributed by atoms with Gasteiger partial charge in [0.25, 0.3) is 5.91 Å². The average Bonchev–Trinajstić information content (AvgIpc) is 2.78.